The molecule has 1 aromatic heterocycles. The van der Waals surface area contributed by atoms with Crippen molar-refractivity contribution >= 4 is 5.91 Å². The van der Waals surface area contributed by atoms with Gasteiger partial charge < -0.3 is 9.32 Å². The topological polar surface area (TPSA) is 46.3 Å². The minimum absolute atomic E-state index is 0.236. The molecule has 1 amide bonds. The summed E-state index contributed by atoms with van der Waals surface area (Å²) in [4.78, 5) is 18.9. The van der Waals surface area contributed by atoms with E-state index in [0.717, 1.165) is 36.5 Å². The quantitative estimate of drug-likeness (QED) is 0.861. The molecule has 1 fully saturated rings. The zero-order chi connectivity index (χ0) is 16.2. The summed E-state index contributed by atoms with van der Waals surface area (Å²) < 4.78 is 5.76. The SMILES string of the molecule is Cc1oc(-c2ccccc2)nc1CCC(=O)N1CCCC(C)C1. The van der Waals surface area contributed by atoms with Crippen LogP contribution >= 0.6 is 0 Å². The highest BCUT2D eigenvalue weighted by Crippen LogP contribution is 2.23. The molecule has 0 saturated carbocycles. The first-order chi connectivity index (χ1) is 11.1. The summed E-state index contributed by atoms with van der Waals surface area (Å²) >= 11 is 0. The van der Waals surface area contributed by atoms with Gasteiger partial charge in [0.15, 0.2) is 0 Å². The van der Waals surface area contributed by atoms with Crippen molar-refractivity contribution in [3.05, 3.63) is 41.8 Å². The van der Waals surface area contributed by atoms with Crippen LogP contribution < -0.4 is 0 Å². The first-order valence-electron chi connectivity index (χ1n) is 8.43. The molecule has 4 nitrogen and oxygen atoms in total. The Balaban J connectivity index is 1.62. The van der Waals surface area contributed by atoms with E-state index >= 15 is 0 Å². The predicted molar refractivity (Wildman–Crippen MR) is 90.0 cm³/mol. The fourth-order valence-electron chi connectivity index (χ4n) is 3.16. The number of aromatic nitrogens is 1. The highest BCUT2D eigenvalue weighted by atomic mass is 16.4. The molecule has 1 unspecified atom stereocenters. The molecular weight excluding hydrogens is 288 g/mol. The van der Waals surface area contributed by atoms with Crippen molar-refractivity contribution in [1.29, 1.82) is 0 Å². The lowest BCUT2D eigenvalue weighted by Crippen LogP contribution is -2.39. The Labute approximate surface area is 137 Å². The largest absolute Gasteiger partial charge is 0.441 e. The van der Waals surface area contributed by atoms with Crippen molar-refractivity contribution in [2.24, 2.45) is 5.92 Å². The molecule has 1 aliphatic heterocycles. The van der Waals surface area contributed by atoms with Crippen LogP contribution in [0.4, 0.5) is 0 Å². The number of likely N-dealkylation sites (tertiary alicyclic amines) is 1. The summed E-state index contributed by atoms with van der Waals surface area (Å²) in [5.41, 5.74) is 1.86. The van der Waals surface area contributed by atoms with Gasteiger partial charge in [0.1, 0.15) is 5.76 Å². The van der Waals surface area contributed by atoms with Crippen molar-refractivity contribution in [2.45, 2.75) is 39.5 Å². The van der Waals surface area contributed by atoms with E-state index in [1.54, 1.807) is 0 Å². The normalized spacial score (nSPS) is 18.2. The highest BCUT2D eigenvalue weighted by molar-refractivity contribution is 5.76. The molecule has 0 N–H and O–H groups in total. The fourth-order valence-corrected chi connectivity index (χ4v) is 3.16. The van der Waals surface area contributed by atoms with Gasteiger partial charge >= 0.3 is 0 Å². The lowest BCUT2D eigenvalue weighted by molar-refractivity contribution is -0.132. The minimum Gasteiger partial charge on any atom is -0.441 e. The molecule has 2 aromatic rings. The zero-order valence-corrected chi connectivity index (χ0v) is 13.9. The van der Waals surface area contributed by atoms with Crippen molar-refractivity contribution < 1.29 is 9.21 Å². The minimum atomic E-state index is 0.236. The van der Waals surface area contributed by atoms with E-state index in [2.05, 4.69) is 11.9 Å². The number of carbonyl (C=O) groups is 1. The molecule has 4 heteroatoms. The summed E-state index contributed by atoms with van der Waals surface area (Å²) in [6, 6.07) is 9.87. The average molecular weight is 312 g/mol. The van der Waals surface area contributed by atoms with Crippen LogP contribution in [0.2, 0.25) is 0 Å². The molecule has 23 heavy (non-hydrogen) atoms. The Morgan fingerprint density at radius 1 is 1.35 bits per heavy atom. The third kappa shape index (κ3) is 3.81. The second-order valence-corrected chi connectivity index (χ2v) is 6.48. The number of hydrogen-bond donors (Lipinski definition) is 0. The molecule has 1 aromatic carbocycles. The number of oxazole rings is 1. The van der Waals surface area contributed by atoms with Gasteiger partial charge in [-0.3, -0.25) is 4.79 Å². The molecule has 3 rings (SSSR count). The Bertz CT molecular complexity index is 663. The molecular formula is C19H24N2O2. The lowest BCUT2D eigenvalue weighted by atomic mass is 10.00. The molecule has 0 radical (unpaired) electrons. The maximum atomic E-state index is 12.4. The molecule has 2 heterocycles. The standard InChI is InChI=1S/C19H24N2O2/c1-14-7-6-12-21(13-14)18(22)11-10-17-15(2)23-19(20-17)16-8-4-3-5-9-16/h3-5,8-9,14H,6-7,10-13H2,1-2H3. The molecule has 0 aliphatic carbocycles. The van der Waals surface area contributed by atoms with Crippen molar-refractivity contribution in [3.8, 4) is 11.5 Å². The van der Waals surface area contributed by atoms with Gasteiger partial charge in [-0.25, -0.2) is 4.98 Å². The number of amides is 1. The van der Waals surface area contributed by atoms with Crippen LogP contribution in [-0.2, 0) is 11.2 Å². The fraction of sp³-hybridized carbons (Fsp3) is 0.474. The molecule has 1 atom stereocenters. The first-order valence-corrected chi connectivity index (χ1v) is 8.43. The van der Waals surface area contributed by atoms with Gasteiger partial charge in [-0.2, -0.15) is 0 Å². The van der Waals surface area contributed by atoms with Crippen LogP contribution in [-0.4, -0.2) is 28.9 Å². The second-order valence-electron chi connectivity index (χ2n) is 6.48. The van der Waals surface area contributed by atoms with E-state index < -0.39 is 0 Å². The zero-order valence-electron chi connectivity index (χ0n) is 13.9. The number of aryl methyl sites for hydroxylation is 2. The number of hydrogen-bond acceptors (Lipinski definition) is 3. The number of rotatable bonds is 4. The first kappa shape index (κ1) is 15.8. The highest BCUT2D eigenvalue weighted by Gasteiger charge is 2.21. The Hall–Kier alpha value is -2.10. The number of nitrogens with zero attached hydrogens (tertiary/aromatic N) is 2. The molecule has 0 bridgehead atoms. The Kier molecular flexibility index (Phi) is 4.79. The van der Waals surface area contributed by atoms with Gasteiger partial charge in [0.2, 0.25) is 11.8 Å². The third-order valence-corrected chi connectivity index (χ3v) is 4.50. The van der Waals surface area contributed by atoms with Crippen molar-refractivity contribution in [3.63, 3.8) is 0 Å². The van der Waals surface area contributed by atoms with Crippen LogP contribution in [0.15, 0.2) is 34.7 Å². The molecule has 1 saturated heterocycles. The van der Waals surface area contributed by atoms with Gasteiger partial charge in [-0.15, -0.1) is 0 Å². The number of piperidine rings is 1. The number of benzene rings is 1. The van der Waals surface area contributed by atoms with Gasteiger partial charge in [0.25, 0.3) is 0 Å². The maximum Gasteiger partial charge on any atom is 0.226 e. The van der Waals surface area contributed by atoms with E-state index in [1.165, 1.54) is 6.42 Å². The average Bonchev–Trinajstić information content (AvgIpc) is 2.94. The smallest absolute Gasteiger partial charge is 0.226 e. The monoisotopic (exact) mass is 312 g/mol. The Morgan fingerprint density at radius 3 is 2.87 bits per heavy atom. The second kappa shape index (κ2) is 6.99. The molecule has 1 aliphatic rings. The van der Waals surface area contributed by atoms with Gasteiger partial charge in [0, 0.05) is 31.5 Å². The van der Waals surface area contributed by atoms with Gasteiger partial charge in [-0.1, -0.05) is 25.1 Å². The predicted octanol–water partition coefficient (Wildman–Crippen LogP) is 3.84. The van der Waals surface area contributed by atoms with E-state index in [9.17, 15) is 4.79 Å². The molecule has 0 spiro atoms. The van der Waals surface area contributed by atoms with Crippen molar-refractivity contribution in [2.75, 3.05) is 13.1 Å². The van der Waals surface area contributed by atoms with Crippen LogP contribution in [0.5, 0.6) is 0 Å². The van der Waals surface area contributed by atoms with Crippen molar-refractivity contribution in [1.82, 2.24) is 9.88 Å². The Morgan fingerprint density at radius 2 is 2.13 bits per heavy atom. The summed E-state index contributed by atoms with van der Waals surface area (Å²) in [7, 11) is 0. The van der Waals surface area contributed by atoms with Crippen LogP contribution in [0.3, 0.4) is 0 Å². The van der Waals surface area contributed by atoms with E-state index in [-0.39, 0.29) is 5.91 Å². The summed E-state index contributed by atoms with van der Waals surface area (Å²) in [5.74, 6) is 2.30. The van der Waals surface area contributed by atoms with Gasteiger partial charge in [-0.05, 0) is 37.8 Å². The maximum absolute atomic E-state index is 12.4. The van der Waals surface area contributed by atoms with Crippen LogP contribution in [0.25, 0.3) is 11.5 Å². The summed E-state index contributed by atoms with van der Waals surface area (Å²) in [6.45, 7) is 5.93. The van der Waals surface area contributed by atoms with Gasteiger partial charge in [0.05, 0.1) is 5.69 Å². The van der Waals surface area contributed by atoms with E-state index in [1.807, 2.05) is 42.2 Å². The summed E-state index contributed by atoms with van der Waals surface area (Å²) in [5, 5.41) is 0. The number of carbonyl (C=O) groups excluding carboxylic acids is 1. The lowest BCUT2D eigenvalue weighted by Gasteiger charge is -2.31. The summed E-state index contributed by atoms with van der Waals surface area (Å²) in [6.07, 6.45) is 3.50. The molecule has 122 valence electrons. The third-order valence-electron chi connectivity index (χ3n) is 4.50. The van der Waals surface area contributed by atoms with Crippen LogP contribution in [0.1, 0.15) is 37.6 Å². The van der Waals surface area contributed by atoms with E-state index in [4.69, 9.17) is 4.42 Å². The van der Waals surface area contributed by atoms with E-state index in [0.29, 0.717) is 24.7 Å². The van der Waals surface area contributed by atoms with Crippen LogP contribution in [0, 0.1) is 12.8 Å².